The van der Waals surface area contributed by atoms with Gasteiger partial charge in [-0.25, -0.2) is 0 Å². The number of rotatable bonds is 8. The second kappa shape index (κ2) is 8.20. The maximum Gasteiger partial charge on any atom is 0.126 e. The van der Waals surface area contributed by atoms with Crippen LogP contribution in [0.5, 0.6) is 5.75 Å². The molecule has 0 saturated carbocycles. The molecule has 1 heteroatoms. The van der Waals surface area contributed by atoms with Crippen LogP contribution in [-0.4, -0.2) is 5.11 Å². The summed E-state index contributed by atoms with van der Waals surface area (Å²) in [6, 6.07) is 8.51. The second-order valence-electron chi connectivity index (χ2n) is 4.42. The smallest absolute Gasteiger partial charge is 0.126 e. The molecule has 0 amide bonds. The van der Waals surface area contributed by atoms with Gasteiger partial charge in [-0.1, -0.05) is 63.6 Å². The third-order valence-electron chi connectivity index (χ3n) is 2.97. The standard InChI is InChI=1S/C15H23O/c1-2-3-4-5-6-7-8-11-14-12-9-10-13-15(14)16/h9-10,12,16H,2-8,11H2,1H3. The highest BCUT2D eigenvalue weighted by Crippen LogP contribution is 2.18. The second-order valence-corrected chi connectivity index (χ2v) is 4.42. The zero-order valence-corrected chi connectivity index (χ0v) is 10.3. The molecule has 16 heavy (non-hydrogen) atoms. The summed E-state index contributed by atoms with van der Waals surface area (Å²) in [6.07, 6.45) is 10.2. The lowest BCUT2D eigenvalue weighted by atomic mass is 10.0. The van der Waals surface area contributed by atoms with E-state index in [4.69, 9.17) is 0 Å². The zero-order chi connectivity index (χ0) is 11.6. The van der Waals surface area contributed by atoms with Gasteiger partial charge in [0.05, 0.1) is 0 Å². The summed E-state index contributed by atoms with van der Waals surface area (Å²) >= 11 is 0. The fourth-order valence-electron chi connectivity index (χ4n) is 1.94. The van der Waals surface area contributed by atoms with Crippen molar-refractivity contribution < 1.29 is 5.11 Å². The maximum atomic E-state index is 9.53. The lowest BCUT2D eigenvalue weighted by molar-refractivity contribution is 0.464. The van der Waals surface area contributed by atoms with Crippen LogP contribution in [0.25, 0.3) is 0 Å². The molecule has 0 atom stereocenters. The molecule has 1 nitrogen and oxygen atoms in total. The first-order valence-electron chi connectivity index (χ1n) is 6.53. The number of benzene rings is 1. The number of phenols is 1. The molecule has 0 spiro atoms. The van der Waals surface area contributed by atoms with Crippen LogP contribution in [0, 0.1) is 6.07 Å². The van der Waals surface area contributed by atoms with Gasteiger partial charge < -0.3 is 5.11 Å². The van der Waals surface area contributed by atoms with Gasteiger partial charge in [-0.3, -0.25) is 0 Å². The van der Waals surface area contributed by atoms with Crippen LogP contribution < -0.4 is 0 Å². The minimum Gasteiger partial charge on any atom is -0.507 e. The molecule has 0 unspecified atom stereocenters. The third kappa shape index (κ3) is 5.20. The number of phenolic OH excluding ortho intramolecular Hbond substituents is 1. The van der Waals surface area contributed by atoms with Gasteiger partial charge in [0.15, 0.2) is 0 Å². The molecule has 0 aliphatic heterocycles. The molecule has 0 fully saturated rings. The van der Waals surface area contributed by atoms with Crippen molar-refractivity contribution in [3.05, 3.63) is 29.8 Å². The molecule has 1 rings (SSSR count). The third-order valence-corrected chi connectivity index (χ3v) is 2.97. The molecule has 1 aromatic carbocycles. The Balaban J connectivity index is 2.05. The number of hydrogen-bond acceptors (Lipinski definition) is 1. The first-order chi connectivity index (χ1) is 7.84. The van der Waals surface area contributed by atoms with Gasteiger partial charge in [0.25, 0.3) is 0 Å². The molecule has 89 valence electrons. The number of para-hydroxylation sites is 1. The van der Waals surface area contributed by atoms with Crippen molar-refractivity contribution in [2.24, 2.45) is 0 Å². The predicted octanol–water partition coefficient (Wildman–Crippen LogP) is 4.49. The summed E-state index contributed by atoms with van der Waals surface area (Å²) in [5.74, 6) is 0.327. The fourth-order valence-corrected chi connectivity index (χ4v) is 1.94. The zero-order valence-electron chi connectivity index (χ0n) is 10.3. The van der Waals surface area contributed by atoms with Crippen LogP contribution in [0.2, 0.25) is 0 Å². The van der Waals surface area contributed by atoms with Crippen molar-refractivity contribution in [3.8, 4) is 5.75 Å². The summed E-state index contributed by atoms with van der Waals surface area (Å²) < 4.78 is 0. The quantitative estimate of drug-likeness (QED) is 0.639. The summed E-state index contributed by atoms with van der Waals surface area (Å²) in [4.78, 5) is 0. The minimum absolute atomic E-state index is 0.327. The van der Waals surface area contributed by atoms with Gasteiger partial charge in [-0.05, 0) is 18.4 Å². The first-order valence-corrected chi connectivity index (χ1v) is 6.53. The summed E-state index contributed by atoms with van der Waals surface area (Å²) in [6.45, 7) is 2.24. The van der Waals surface area contributed by atoms with E-state index >= 15 is 0 Å². The van der Waals surface area contributed by atoms with Crippen molar-refractivity contribution in [2.75, 3.05) is 0 Å². The van der Waals surface area contributed by atoms with Gasteiger partial charge in [-0.2, -0.15) is 0 Å². The van der Waals surface area contributed by atoms with Gasteiger partial charge in [0.2, 0.25) is 0 Å². The van der Waals surface area contributed by atoms with E-state index in [1.54, 1.807) is 6.07 Å². The van der Waals surface area contributed by atoms with E-state index in [0.717, 1.165) is 12.0 Å². The highest BCUT2D eigenvalue weighted by atomic mass is 16.3. The monoisotopic (exact) mass is 219 g/mol. The topological polar surface area (TPSA) is 20.2 Å². The van der Waals surface area contributed by atoms with Gasteiger partial charge >= 0.3 is 0 Å². The average Bonchev–Trinajstić information content (AvgIpc) is 2.30. The van der Waals surface area contributed by atoms with Crippen LogP contribution in [-0.2, 0) is 6.42 Å². The Labute approximate surface area is 99.5 Å². The molecular formula is C15H23O. The molecule has 0 aromatic heterocycles. The normalized spacial score (nSPS) is 10.6. The summed E-state index contributed by atoms with van der Waals surface area (Å²) in [5, 5.41) is 9.53. The summed E-state index contributed by atoms with van der Waals surface area (Å²) in [7, 11) is 0. The number of hydrogen-bond donors (Lipinski definition) is 1. The van der Waals surface area contributed by atoms with Crippen LogP contribution in [0.3, 0.4) is 0 Å². The Morgan fingerprint density at radius 1 is 1.06 bits per heavy atom. The van der Waals surface area contributed by atoms with E-state index < -0.39 is 0 Å². The molecule has 0 aliphatic rings. The first kappa shape index (κ1) is 13.1. The van der Waals surface area contributed by atoms with Crippen LogP contribution in [0.15, 0.2) is 18.2 Å². The molecule has 0 aliphatic carbocycles. The van der Waals surface area contributed by atoms with Gasteiger partial charge in [-0.15, -0.1) is 0 Å². The highest BCUT2D eigenvalue weighted by molar-refractivity contribution is 5.30. The largest absolute Gasteiger partial charge is 0.507 e. The number of aromatic hydroxyl groups is 1. The van der Waals surface area contributed by atoms with E-state index in [2.05, 4.69) is 13.0 Å². The average molecular weight is 219 g/mol. The highest BCUT2D eigenvalue weighted by Gasteiger charge is 1.99. The molecular weight excluding hydrogens is 196 g/mol. The molecule has 0 saturated heterocycles. The van der Waals surface area contributed by atoms with E-state index in [-0.39, 0.29) is 0 Å². The van der Waals surface area contributed by atoms with Gasteiger partial charge in [0.1, 0.15) is 5.75 Å². The summed E-state index contributed by atoms with van der Waals surface area (Å²) in [5.41, 5.74) is 1.04. The Bertz CT molecular complexity index is 281. The predicted molar refractivity (Wildman–Crippen MR) is 68.6 cm³/mol. The lowest BCUT2D eigenvalue weighted by Crippen LogP contribution is -1.87. The van der Waals surface area contributed by atoms with Crippen molar-refractivity contribution in [1.29, 1.82) is 0 Å². The maximum absolute atomic E-state index is 9.53. The van der Waals surface area contributed by atoms with E-state index in [0.29, 0.717) is 5.75 Å². The minimum atomic E-state index is 0.327. The van der Waals surface area contributed by atoms with Crippen molar-refractivity contribution in [1.82, 2.24) is 0 Å². The Morgan fingerprint density at radius 2 is 1.75 bits per heavy atom. The van der Waals surface area contributed by atoms with Crippen LogP contribution in [0.4, 0.5) is 0 Å². The number of aryl methyl sites for hydroxylation is 1. The molecule has 0 heterocycles. The number of unbranched alkanes of at least 4 members (excludes halogenated alkanes) is 6. The Morgan fingerprint density at radius 3 is 2.44 bits per heavy atom. The van der Waals surface area contributed by atoms with Crippen molar-refractivity contribution >= 4 is 0 Å². The molecule has 1 N–H and O–H groups in total. The van der Waals surface area contributed by atoms with Crippen LogP contribution in [0.1, 0.15) is 57.4 Å². The lowest BCUT2D eigenvalue weighted by Gasteiger charge is -2.03. The van der Waals surface area contributed by atoms with Crippen molar-refractivity contribution in [3.63, 3.8) is 0 Å². The van der Waals surface area contributed by atoms with Gasteiger partial charge in [0, 0.05) is 6.07 Å². The molecule has 0 bridgehead atoms. The van der Waals surface area contributed by atoms with Crippen LogP contribution >= 0.6 is 0 Å². The van der Waals surface area contributed by atoms with E-state index in [1.165, 1.54) is 44.9 Å². The SMILES string of the molecule is CCCCCCCCCc1ccc[c]c1O. The van der Waals surface area contributed by atoms with E-state index in [1.807, 2.05) is 12.1 Å². The molecule has 1 radical (unpaired) electrons. The van der Waals surface area contributed by atoms with E-state index in [9.17, 15) is 5.11 Å². The Kier molecular flexibility index (Phi) is 6.71. The fraction of sp³-hybridized carbons (Fsp3) is 0.600. The Hall–Kier alpha value is -0.980. The van der Waals surface area contributed by atoms with Crippen molar-refractivity contribution in [2.45, 2.75) is 58.3 Å². The molecule has 1 aromatic rings.